The fourth-order valence-corrected chi connectivity index (χ4v) is 0.489. The molecule has 1 nitrogen and oxygen atoms in total. The van der Waals surface area contributed by atoms with Crippen molar-refractivity contribution in [2.24, 2.45) is 0 Å². The number of hydrogen-bond acceptors (Lipinski definition) is 3. The first-order valence-corrected chi connectivity index (χ1v) is 3.47. The summed E-state index contributed by atoms with van der Waals surface area (Å²) in [6, 6.07) is 0. The molecular weight excluding hydrogens is 152 g/mol. The van der Waals surface area contributed by atoms with Crippen LogP contribution in [0.1, 0.15) is 14.9 Å². The van der Waals surface area contributed by atoms with Crippen LogP contribution in [-0.4, -0.2) is 24.7 Å². The molecule has 0 heterocycles. The molecule has 0 aromatic rings. The highest BCUT2D eigenvalue weighted by molar-refractivity contribution is 7.80. The lowest BCUT2D eigenvalue weighted by atomic mass is 10.8. The second-order valence-electron chi connectivity index (χ2n) is 1.06. The van der Waals surface area contributed by atoms with Crippen LogP contribution in [0.2, 0.25) is 0 Å². The predicted molar refractivity (Wildman–Crippen MR) is 52.0 cm³/mol. The molecule has 0 radical (unpaired) electrons. The molecule has 60 valence electrons. The zero-order valence-electron chi connectivity index (χ0n) is 4.13. The van der Waals surface area contributed by atoms with Gasteiger partial charge in [0.25, 0.3) is 0 Å². The number of ether oxygens (including phenoxy) is 1. The van der Waals surface area contributed by atoms with E-state index in [2.05, 4.69) is 25.3 Å². The van der Waals surface area contributed by atoms with E-state index >= 15 is 0 Å². The number of rotatable bonds is 4. The molecule has 0 aliphatic heterocycles. The van der Waals surface area contributed by atoms with E-state index in [1.165, 1.54) is 0 Å². The van der Waals surface area contributed by atoms with Crippen LogP contribution in [0.3, 0.4) is 0 Å². The smallest absolute Gasteiger partial charge is 0.0554 e. The minimum absolute atomic E-state index is 0. The fraction of sp³-hybridized carbons (Fsp3) is 1.00. The van der Waals surface area contributed by atoms with E-state index in [0.717, 1.165) is 24.7 Å². The zero-order chi connectivity index (χ0) is 5.54. The standard InChI is InChI=1S/C4H10OS2.2CH4/c6-3-1-5-2-4-7;;/h6-7H,1-4H2;2*1H4. The van der Waals surface area contributed by atoms with Gasteiger partial charge in [0.2, 0.25) is 0 Å². The van der Waals surface area contributed by atoms with Gasteiger partial charge in [-0.05, 0) is 0 Å². The third-order valence-corrected chi connectivity index (χ3v) is 0.836. The third-order valence-electron chi connectivity index (χ3n) is 0.471. The van der Waals surface area contributed by atoms with Crippen molar-refractivity contribution in [2.75, 3.05) is 24.7 Å². The summed E-state index contributed by atoms with van der Waals surface area (Å²) in [5, 5.41) is 0. The van der Waals surface area contributed by atoms with Crippen molar-refractivity contribution in [3.05, 3.63) is 0 Å². The van der Waals surface area contributed by atoms with Crippen LogP contribution in [0, 0.1) is 0 Å². The van der Waals surface area contributed by atoms with Gasteiger partial charge in [0.05, 0.1) is 13.2 Å². The first-order chi connectivity index (χ1) is 3.41. The molecule has 0 bridgehead atoms. The van der Waals surface area contributed by atoms with E-state index in [9.17, 15) is 0 Å². The van der Waals surface area contributed by atoms with E-state index in [1.54, 1.807) is 0 Å². The van der Waals surface area contributed by atoms with Crippen LogP contribution in [0.15, 0.2) is 0 Å². The normalized spacial score (nSPS) is 7.33. The summed E-state index contributed by atoms with van der Waals surface area (Å²) in [5.41, 5.74) is 0. The highest BCUT2D eigenvalue weighted by Gasteiger charge is 1.78. The van der Waals surface area contributed by atoms with Crippen molar-refractivity contribution in [3.8, 4) is 0 Å². The zero-order valence-corrected chi connectivity index (χ0v) is 5.92. The highest BCUT2D eigenvalue weighted by Crippen LogP contribution is 1.79. The van der Waals surface area contributed by atoms with Crippen molar-refractivity contribution in [3.63, 3.8) is 0 Å². The van der Waals surface area contributed by atoms with Crippen molar-refractivity contribution in [1.82, 2.24) is 0 Å². The molecule has 0 spiro atoms. The first kappa shape index (κ1) is 16.3. The topological polar surface area (TPSA) is 9.23 Å². The second-order valence-corrected chi connectivity index (χ2v) is 1.95. The van der Waals surface area contributed by atoms with Crippen molar-refractivity contribution in [2.45, 2.75) is 14.9 Å². The van der Waals surface area contributed by atoms with E-state index in [0.29, 0.717) is 0 Å². The average Bonchev–Trinajstić information content (AvgIpc) is 1.69. The summed E-state index contributed by atoms with van der Waals surface area (Å²) in [6.07, 6.45) is 0. The molecule has 0 rings (SSSR count). The molecule has 0 saturated heterocycles. The largest absolute Gasteiger partial charge is 0.380 e. The lowest BCUT2D eigenvalue weighted by molar-refractivity contribution is 0.167. The summed E-state index contributed by atoms with van der Waals surface area (Å²) in [5.74, 6) is 1.60. The SMILES string of the molecule is C.C.SCCOCCS. The minimum atomic E-state index is 0. The molecule has 0 aliphatic rings. The summed E-state index contributed by atoms with van der Waals surface area (Å²) in [7, 11) is 0. The Bertz CT molecular complexity index is 30.2. The van der Waals surface area contributed by atoms with Gasteiger partial charge < -0.3 is 4.74 Å². The predicted octanol–water partition coefficient (Wildman–Crippen LogP) is 2.13. The lowest BCUT2D eigenvalue weighted by Gasteiger charge is -1.94. The molecule has 0 aromatic heterocycles. The molecular formula is C6H18OS2. The van der Waals surface area contributed by atoms with Gasteiger partial charge in [-0.3, -0.25) is 0 Å². The van der Waals surface area contributed by atoms with E-state index in [-0.39, 0.29) is 14.9 Å². The molecule has 0 aromatic carbocycles. The summed E-state index contributed by atoms with van der Waals surface area (Å²) >= 11 is 7.89. The van der Waals surface area contributed by atoms with Crippen LogP contribution in [0.4, 0.5) is 0 Å². The van der Waals surface area contributed by atoms with Gasteiger partial charge in [0.15, 0.2) is 0 Å². The van der Waals surface area contributed by atoms with Gasteiger partial charge in [-0.2, -0.15) is 25.3 Å². The van der Waals surface area contributed by atoms with Gasteiger partial charge in [-0.1, -0.05) is 14.9 Å². The van der Waals surface area contributed by atoms with Crippen molar-refractivity contribution in [1.29, 1.82) is 0 Å². The molecule has 0 amide bonds. The molecule has 3 heteroatoms. The van der Waals surface area contributed by atoms with E-state index in [1.807, 2.05) is 0 Å². The monoisotopic (exact) mass is 170 g/mol. The third kappa shape index (κ3) is 17.7. The van der Waals surface area contributed by atoms with Crippen LogP contribution in [0.25, 0.3) is 0 Å². The van der Waals surface area contributed by atoms with Gasteiger partial charge in [-0.25, -0.2) is 0 Å². The Balaban J connectivity index is -0.000000180. The second kappa shape index (κ2) is 15.9. The molecule has 0 aliphatic carbocycles. The van der Waals surface area contributed by atoms with Crippen LogP contribution in [0.5, 0.6) is 0 Å². The number of hydrogen-bond donors (Lipinski definition) is 2. The Kier molecular flexibility index (Phi) is 28.8. The quantitative estimate of drug-likeness (QED) is 0.485. The van der Waals surface area contributed by atoms with Gasteiger partial charge >= 0.3 is 0 Å². The van der Waals surface area contributed by atoms with E-state index < -0.39 is 0 Å². The summed E-state index contributed by atoms with van der Waals surface area (Å²) in [6.45, 7) is 1.48. The van der Waals surface area contributed by atoms with Gasteiger partial charge in [0.1, 0.15) is 0 Å². The van der Waals surface area contributed by atoms with Gasteiger partial charge in [-0.15, -0.1) is 0 Å². The Morgan fingerprint density at radius 2 is 1.22 bits per heavy atom. The Hall–Kier alpha value is 0.660. The molecule has 0 fully saturated rings. The summed E-state index contributed by atoms with van der Waals surface area (Å²) < 4.78 is 4.98. The molecule has 0 atom stereocenters. The molecule has 9 heavy (non-hydrogen) atoms. The Morgan fingerprint density at radius 3 is 1.44 bits per heavy atom. The first-order valence-electron chi connectivity index (χ1n) is 2.21. The Morgan fingerprint density at radius 1 is 0.889 bits per heavy atom. The van der Waals surface area contributed by atoms with Crippen molar-refractivity contribution < 1.29 is 4.74 Å². The highest BCUT2D eigenvalue weighted by atomic mass is 32.1. The van der Waals surface area contributed by atoms with Gasteiger partial charge in [0, 0.05) is 11.5 Å². The number of thiol groups is 2. The Labute approximate surface area is 70.0 Å². The minimum Gasteiger partial charge on any atom is -0.380 e. The average molecular weight is 170 g/mol. The molecule has 0 saturated carbocycles. The fourth-order valence-electron chi connectivity index (χ4n) is 0.231. The van der Waals surface area contributed by atoms with Crippen LogP contribution < -0.4 is 0 Å². The van der Waals surface area contributed by atoms with Crippen molar-refractivity contribution >= 4 is 25.3 Å². The molecule has 0 N–H and O–H groups in total. The molecule has 0 unspecified atom stereocenters. The maximum absolute atomic E-state index is 4.98. The van der Waals surface area contributed by atoms with E-state index in [4.69, 9.17) is 4.74 Å². The van der Waals surface area contributed by atoms with Crippen LogP contribution >= 0.6 is 25.3 Å². The lowest BCUT2D eigenvalue weighted by Crippen LogP contribution is -1.97. The van der Waals surface area contributed by atoms with Crippen LogP contribution in [-0.2, 0) is 4.74 Å². The maximum atomic E-state index is 4.98. The maximum Gasteiger partial charge on any atom is 0.0554 e. The summed E-state index contributed by atoms with van der Waals surface area (Å²) in [4.78, 5) is 0.